The molecule has 0 unspecified atom stereocenters. The first-order valence-electron chi connectivity index (χ1n) is 7.30. The third-order valence-electron chi connectivity index (χ3n) is 3.38. The van der Waals surface area contributed by atoms with Crippen molar-refractivity contribution >= 4 is 0 Å². The molecule has 0 bridgehead atoms. The lowest BCUT2D eigenvalue weighted by Crippen LogP contribution is -2.35. The Morgan fingerprint density at radius 1 is 1.10 bits per heavy atom. The maximum Gasteiger partial charge on any atom is 0.0951 e. The van der Waals surface area contributed by atoms with Crippen LogP contribution in [0.5, 0.6) is 0 Å². The van der Waals surface area contributed by atoms with Gasteiger partial charge in [0, 0.05) is 24.8 Å². The summed E-state index contributed by atoms with van der Waals surface area (Å²) in [5.74, 6) is 0. The van der Waals surface area contributed by atoms with Gasteiger partial charge in [-0.1, -0.05) is 31.2 Å². The van der Waals surface area contributed by atoms with Gasteiger partial charge in [0.15, 0.2) is 0 Å². The number of rotatable bonds is 5. The molecule has 0 atom stereocenters. The standard InChI is InChI=1S/C17H25N3/c1-5-14-6-8-15(9-7-14)12-20-13-18-10-16(20)11-19-17(2,3)4/h6-10,13,19H,5,11-12H2,1-4H3. The normalized spacial score (nSPS) is 11.8. The van der Waals surface area contributed by atoms with Crippen LogP contribution in [0.1, 0.15) is 44.5 Å². The van der Waals surface area contributed by atoms with Crippen molar-refractivity contribution in [3.8, 4) is 0 Å². The van der Waals surface area contributed by atoms with Crippen molar-refractivity contribution in [2.24, 2.45) is 0 Å². The van der Waals surface area contributed by atoms with Gasteiger partial charge in [-0.25, -0.2) is 4.98 Å². The molecule has 1 N–H and O–H groups in total. The number of benzene rings is 1. The molecule has 1 heterocycles. The van der Waals surface area contributed by atoms with E-state index in [1.54, 1.807) is 0 Å². The minimum Gasteiger partial charge on any atom is -0.329 e. The summed E-state index contributed by atoms with van der Waals surface area (Å²) in [6, 6.07) is 8.83. The summed E-state index contributed by atoms with van der Waals surface area (Å²) in [7, 11) is 0. The Bertz CT molecular complexity index is 532. The lowest BCUT2D eigenvalue weighted by molar-refractivity contribution is 0.417. The molecule has 0 fully saturated rings. The van der Waals surface area contributed by atoms with Crippen LogP contribution in [0.15, 0.2) is 36.8 Å². The Balaban J connectivity index is 2.04. The molecule has 2 rings (SSSR count). The average molecular weight is 271 g/mol. The molecule has 108 valence electrons. The Morgan fingerprint density at radius 2 is 1.75 bits per heavy atom. The molecule has 1 aromatic heterocycles. The molecule has 0 aliphatic carbocycles. The lowest BCUT2D eigenvalue weighted by Gasteiger charge is -2.21. The van der Waals surface area contributed by atoms with Crippen LogP contribution in [0, 0.1) is 0 Å². The summed E-state index contributed by atoms with van der Waals surface area (Å²) in [6.45, 7) is 10.4. The van der Waals surface area contributed by atoms with E-state index in [4.69, 9.17) is 0 Å². The number of nitrogens with one attached hydrogen (secondary N) is 1. The maximum atomic E-state index is 4.28. The van der Waals surface area contributed by atoms with E-state index in [9.17, 15) is 0 Å². The fourth-order valence-electron chi connectivity index (χ4n) is 2.07. The fourth-order valence-corrected chi connectivity index (χ4v) is 2.07. The summed E-state index contributed by atoms with van der Waals surface area (Å²) < 4.78 is 2.21. The highest BCUT2D eigenvalue weighted by Crippen LogP contribution is 2.10. The Labute approximate surface area is 122 Å². The van der Waals surface area contributed by atoms with E-state index in [1.165, 1.54) is 16.8 Å². The van der Waals surface area contributed by atoms with E-state index in [-0.39, 0.29) is 5.54 Å². The van der Waals surface area contributed by atoms with E-state index in [1.807, 2.05) is 12.5 Å². The largest absolute Gasteiger partial charge is 0.329 e. The van der Waals surface area contributed by atoms with Crippen molar-refractivity contribution in [1.82, 2.24) is 14.9 Å². The third-order valence-corrected chi connectivity index (χ3v) is 3.38. The highest BCUT2D eigenvalue weighted by Gasteiger charge is 2.10. The van der Waals surface area contributed by atoms with E-state index in [0.29, 0.717) is 0 Å². The van der Waals surface area contributed by atoms with Crippen molar-refractivity contribution in [3.05, 3.63) is 53.6 Å². The smallest absolute Gasteiger partial charge is 0.0951 e. The van der Waals surface area contributed by atoms with E-state index in [0.717, 1.165) is 19.5 Å². The maximum absolute atomic E-state index is 4.28. The van der Waals surface area contributed by atoms with Crippen LogP contribution < -0.4 is 5.32 Å². The summed E-state index contributed by atoms with van der Waals surface area (Å²) in [5, 5.41) is 3.51. The van der Waals surface area contributed by atoms with Gasteiger partial charge in [0.25, 0.3) is 0 Å². The molecule has 0 amide bonds. The molecular weight excluding hydrogens is 246 g/mol. The van der Waals surface area contributed by atoms with Crippen LogP contribution >= 0.6 is 0 Å². The summed E-state index contributed by atoms with van der Waals surface area (Å²) in [6.07, 6.45) is 4.94. The van der Waals surface area contributed by atoms with Crippen molar-refractivity contribution in [3.63, 3.8) is 0 Å². The number of nitrogens with zero attached hydrogens (tertiary/aromatic N) is 2. The van der Waals surface area contributed by atoms with Gasteiger partial charge >= 0.3 is 0 Å². The summed E-state index contributed by atoms with van der Waals surface area (Å²) in [4.78, 5) is 4.28. The molecule has 0 saturated carbocycles. The average Bonchev–Trinajstić information content (AvgIpc) is 2.84. The summed E-state index contributed by atoms with van der Waals surface area (Å²) in [5.41, 5.74) is 4.04. The monoisotopic (exact) mass is 271 g/mol. The number of aryl methyl sites for hydroxylation is 1. The molecule has 0 radical (unpaired) electrons. The molecule has 0 saturated heterocycles. The van der Waals surface area contributed by atoms with Gasteiger partial charge in [-0.15, -0.1) is 0 Å². The minimum absolute atomic E-state index is 0.123. The summed E-state index contributed by atoms with van der Waals surface area (Å²) >= 11 is 0. The predicted octanol–water partition coefficient (Wildman–Crippen LogP) is 3.38. The topological polar surface area (TPSA) is 29.9 Å². The molecule has 1 aromatic carbocycles. The predicted molar refractivity (Wildman–Crippen MR) is 83.7 cm³/mol. The second-order valence-corrected chi connectivity index (χ2v) is 6.29. The number of aromatic nitrogens is 2. The molecule has 0 spiro atoms. The van der Waals surface area contributed by atoms with E-state index >= 15 is 0 Å². The first-order chi connectivity index (χ1) is 9.48. The van der Waals surface area contributed by atoms with Gasteiger partial charge in [-0.3, -0.25) is 0 Å². The lowest BCUT2D eigenvalue weighted by atomic mass is 10.1. The quantitative estimate of drug-likeness (QED) is 0.903. The van der Waals surface area contributed by atoms with Crippen molar-refractivity contribution < 1.29 is 0 Å². The SMILES string of the molecule is CCc1ccc(Cn2cncc2CNC(C)(C)C)cc1. The molecule has 0 aliphatic heterocycles. The van der Waals surface area contributed by atoms with Crippen LogP contribution in [0.4, 0.5) is 0 Å². The molecule has 3 nitrogen and oxygen atoms in total. The highest BCUT2D eigenvalue weighted by molar-refractivity contribution is 5.23. The van der Waals surface area contributed by atoms with Crippen LogP contribution in [-0.4, -0.2) is 15.1 Å². The zero-order valence-corrected chi connectivity index (χ0v) is 13.0. The Kier molecular flexibility index (Phi) is 4.61. The number of hydrogen-bond donors (Lipinski definition) is 1. The molecule has 3 heteroatoms. The zero-order chi connectivity index (χ0) is 14.6. The third kappa shape index (κ3) is 4.20. The Hall–Kier alpha value is -1.61. The first kappa shape index (κ1) is 14.8. The van der Waals surface area contributed by atoms with Crippen LogP contribution in [0.2, 0.25) is 0 Å². The van der Waals surface area contributed by atoms with Crippen LogP contribution in [0.25, 0.3) is 0 Å². The molecular formula is C17H25N3. The number of imidazole rings is 1. The zero-order valence-electron chi connectivity index (χ0n) is 13.0. The van der Waals surface area contributed by atoms with Crippen molar-refractivity contribution in [2.45, 2.75) is 52.7 Å². The number of hydrogen-bond acceptors (Lipinski definition) is 2. The Morgan fingerprint density at radius 3 is 2.35 bits per heavy atom. The van der Waals surface area contributed by atoms with Gasteiger partial charge in [-0.05, 0) is 38.3 Å². The van der Waals surface area contributed by atoms with Crippen LogP contribution in [0.3, 0.4) is 0 Å². The van der Waals surface area contributed by atoms with Gasteiger partial charge in [0.1, 0.15) is 0 Å². The fraction of sp³-hybridized carbons (Fsp3) is 0.471. The van der Waals surface area contributed by atoms with E-state index < -0.39 is 0 Å². The van der Waals surface area contributed by atoms with Gasteiger partial charge in [-0.2, -0.15) is 0 Å². The molecule has 2 aromatic rings. The van der Waals surface area contributed by atoms with Crippen molar-refractivity contribution in [2.75, 3.05) is 0 Å². The first-order valence-corrected chi connectivity index (χ1v) is 7.30. The second kappa shape index (κ2) is 6.23. The van der Waals surface area contributed by atoms with Gasteiger partial charge in [0.05, 0.1) is 12.0 Å². The second-order valence-electron chi connectivity index (χ2n) is 6.29. The van der Waals surface area contributed by atoms with Crippen molar-refractivity contribution in [1.29, 1.82) is 0 Å². The molecule has 0 aliphatic rings. The molecule has 20 heavy (non-hydrogen) atoms. The van der Waals surface area contributed by atoms with Gasteiger partial charge in [0.2, 0.25) is 0 Å². The van der Waals surface area contributed by atoms with E-state index in [2.05, 4.69) is 66.8 Å². The highest BCUT2D eigenvalue weighted by atomic mass is 15.1. The minimum atomic E-state index is 0.123. The van der Waals surface area contributed by atoms with Gasteiger partial charge < -0.3 is 9.88 Å². The van der Waals surface area contributed by atoms with Crippen LogP contribution in [-0.2, 0) is 19.5 Å².